The van der Waals surface area contributed by atoms with Gasteiger partial charge in [0, 0.05) is 29.3 Å². The maximum Gasteiger partial charge on any atom is 0.407 e. The minimum absolute atomic E-state index is 0.0511. The van der Waals surface area contributed by atoms with Crippen molar-refractivity contribution in [2.24, 2.45) is 0 Å². The van der Waals surface area contributed by atoms with E-state index < -0.39 is 0 Å². The Bertz CT molecular complexity index is 901. The number of carbonyl (C=O) groups is 2. The largest absolute Gasteiger partial charge is 0.446 e. The van der Waals surface area contributed by atoms with E-state index in [1.165, 1.54) is 0 Å². The lowest BCUT2D eigenvalue weighted by molar-refractivity contribution is -0.115. The van der Waals surface area contributed by atoms with Crippen molar-refractivity contribution in [3.8, 4) is 0 Å². The predicted molar refractivity (Wildman–Crippen MR) is 109 cm³/mol. The quantitative estimate of drug-likeness (QED) is 0.620. The molecule has 2 heterocycles. The van der Waals surface area contributed by atoms with Crippen molar-refractivity contribution in [1.82, 2.24) is 20.7 Å². The van der Waals surface area contributed by atoms with Gasteiger partial charge in [-0.3, -0.25) is 9.89 Å². The van der Waals surface area contributed by atoms with Crippen LogP contribution in [0.25, 0.3) is 0 Å². The van der Waals surface area contributed by atoms with Gasteiger partial charge >= 0.3 is 6.09 Å². The molecule has 4 rings (SSSR count). The summed E-state index contributed by atoms with van der Waals surface area (Å²) in [6, 6.07) is 3.63. The average Bonchev–Trinajstić information content (AvgIpc) is 3.09. The molecule has 162 valence electrons. The van der Waals surface area contributed by atoms with E-state index in [9.17, 15) is 9.59 Å². The fraction of sp³-hybridized carbons (Fsp3) is 0.619. The van der Waals surface area contributed by atoms with Gasteiger partial charge in [0.1, 0.15) is 11.9 Å². The van der Waals surface area contributed by atoms with Gasteiger partial charge in [0.05, 0.1) is 12.1 Å². The standard InChI is InChI=1S/C21H29N5O4/c1-13-10-16(30-26-13)11-19(27)22-18-12-17(24-25-18)14-4-3-5-15(7-6-14)29-20(28)23-21(2)8-9-21/h10,12,14-15H,3-9,11H2,1-2H3,(H,23,28)(H2,22,24,25,27)/t14-,15+/m1/s1. The van der Waals surface area contributed by atoms with Crippen LogP contribution in [0.4, 0.5) is 10.6 Å². The van der Waals surface area contributed by atoms with Crippen LogP contribution in [0, 0.1) is 6.92 Å². The minimum atomic E-state index is -0.299. The Morgan fingerprint density at radius 1 is 1.27 bits per heavy atom. The fourth-order valence-electron chi connectivity index (χ4n) is 3.89. The second-order valence-corrected chi connectivity index (χ2v) is 8.79. The first-order valence-electron chi connectivity index (χ1n) is 10.6. The van der Waals surface area contributed by atoms with Gasteiger partial charge < -0.3 is 19.9 Å². The van der Waals surface area contributed by atoms with E-state index >= 15 is 0 Å². The molecule has 0 aromatic carbocycles. The highest BCUT2D eigenvalue weighted by Crippen LogP contribution is 2.35. The van der Waals surface area contributed by atoms with Crippen molar-refractivity contribution in [3.63, 3.8) is 0 Å². The van der Waals surface area contributed by atoms with Gasteiger partial charge in [0.15, 0.2) is 5.82 Å². The molecular formula is C21H29N5O4. The lowest BCUT2D eigenvalue weighted by Gasteiger charge is -2.18. The Morgan fingerprint density at radius 3 is 2.83 bits per heavy atom. The molecule has 0 saturated heterocycles. The molecule has 2 atom stereocenters. The van der Waals surface area contributed by atoms with Crippen molar-refractivity contribution in [1.29, 1.82) is 0 Å². The number of rotatable bonds is 6. The van der Waals surface area contributed by atoms with E-state index in [1.54, 1.807) is 6.07 Å². The molecule has 2 aromatic heterocycles. The van der Waals surface area contributed by atoms with Crippen molar-refractivity contribution in [3.05, 3.63) is 29.3 Å². The van der Waals surface area contributed by atoms with Crippen LogP contribution in [0.5, 0.6) is 0 Å². The maximum absolute atomic E-state index is 12.2. The molecule has 9 nitrogen and oxygen atoms in total. The topological polar surface area (TPSA) is 122 Å². The first kappa shape index (κ1) is 20.4. The Morgan fingerprint density at radius 2 is 2.10 bits per heavy atom. The zero-order valence-electron chi connectivity index (χ0n) is 17.5. The van der Waals surface area contributed by atoms with Gasteiger partial charge in [-0.25, -0.2) is 4.79 Å². The number of hydrogen-bond donors (Lipinski definition) is 3. The van der Waals surface area contributed by atoms with E-state index in [0.717, 1.165) is 56.3 Å². The van der Waals surface area contributed by atoms with Crippen LogP contribution in [0.2, 0.25) is 0 Å². The molecule has 2 aliphatic rings. The molecule has 30 heavy (non-hydrogen) atoms. The van der Waals surface area contributed by atoms with E-state index in [-0.39, 0.29) is 30.1 Å². The third-order valence-corrected chi connectivity index (χ3v) is 5.91. The summed E-state index contributed by atoms with van der Waals surface area (Å²) >= 11 is 0. The third kappa shape index (κ3) is 5.40. The normalized spacial score (nSPS) is 22.7. The Kier molecular flexibility index (Phi) is 5.78. The van der Waals surface area contributed by atoms with Crippen molar-refractivity contribution >= 4 is 17.8 Å². The number of aryl methyl sites for hydroxylation is 1. The van der Waals surface area contributed by atoms with E-state index in [4.69, 9.17) is 9.26 Å². The Labute approximate surface area is 175 Å². The van der Waals surface area contributed by atoms with E-state index in [2.05, 4.69) is 26.0 Å². The summed E-state index contributed by atoms with van der Waals surface area (Å²) in [7, 11) is 0. The second kappa shape index (κ2) is 8.49. The van der Waals surface area contributed by atoms with Gasteiger partial charge in [0.2, 0.25) is 5.91 Å². The number of alkyl carbamates (subject to hydrolysis) is 1. The summed E-state index contributed by atoms with van der Waals surface area (Å²) < 4.78 is 10.7. The van der Waals surface area contributed by atoms with Crippen LogP contribution in [-0.4, -0.2) is 39.0 Å². The first-order valence-corrected chi connectivity index (χ1v) is 10.6. The molecule has 0 spiro atoms. The molecule has 0 radical (unpaired) electrons. The average molecular weight is 415 g/mol. The highest BCUT2D eigenvalue weighted by atomic mass is 16.6. The summed E-state index contributed by atoms with van der Waals surface area (Å²) in [5.74, 6) is 1.13. The van der Waals surface area contributed by atoms with Crippen LogP contribution in [0.15, 0.2) is 16.7 Å². The lowest BCUT2D eigenvalue weighted by atomic mass is 9.97. The lowest BCUT2D eigenvalue weighted by Crippen LogP contribution is -2.36. The number of hydrogen-bond acceptors (Lipinski definition) is 6. The van der Waals surface area contributed by atoms with Gasteiger partial charge in [-0.05, 0) is 58.8 Å². The second-order valence-electron chi connectivity index (χ2n) is 8.79. The van der Waals surface area contributed by atoms with Crippen molar-refractivity contribution in [2.75, 3.05) is 5.32 Å². The van der Waals surface area contributed by atoms with E-state index in [1.807, 2.05) is 19.9 Å². The summed E-state index contributed by atoms with van der Waals surface area (Å²) in [5, 5.41) is 16.8. The van der Waals surface area contributed by atoms with Crippen LogP contribution < -0.4 is 10.6 Å². The molecule has 9 heteroatoms. The molecule has 2 amide bonds. The smallest absolute Gasteiger partial charge is 0.407 e. The minimum Gasteiger partial charge on any atom is -0.446 e. The molecular weight excluding hydrogens is 386 g/mol. The summed E-state index contributed by atoms with van der Waals surface area (Å²) in [6.07, 6.45) is 6.37. The van der Waals surface area contributed by atoms with Crippen molar-refractivity contribution in [2.45, 2.75) is 82.8 Å². The molecule has 2 saturated carbocycles. The molecule has 3 N–H and O–H groups in total. The summed E-state index contributed by atoms with van der Waals surface area (Å²) in [6.45, 7) is 3.85. The number of anilines is 1. The molecule has 0 bridgehead atoms. The fourth-order valence-corrected chi connectivity index (χ4v) is 3.89. The van der Waals surface area contributed by atoms with Gasteiger partial charge in [-0.2, -0.15) is 5.10 Å². The summed E-state index contributed by atoms with van der Waals surface area (Å²) in [4.78, 5) is 24.2. The molecule has 0 unspecified atom stereocenters. The number of H-pyrrole nitrogens is 1. The Balaban J connectivity index is 1.26. The zero-order chi connectivity index (χ0) is 21.1. The predicted octanol–water partition coefficient (Wildman–Crippen LogP) is 3.58. The van der Waals surface area contributed by atoms with Crippen LogP contribution in [0.3, 0.4) is 0 Å². The number of amides is 2. The Hall–Kier alpha value is -2.84. The number of aromatic amines is 1. The van der Waals surface area contributed by atoms with Crippen molar-refractivity contribution < 1.29 is 18.8 Å². The molecule has 2 aliphatic carbocycles. The number of ether oxygens (including phenoxy) is 1. The van der Waals surface area contributed by atoms with Gasteiger partial charge in [0.25, 0.3) is 0 Å². The zero-order valence-corrected chi connectivity index (χ0v) is 17.5. The van der Waals surface area contributed by atoms with Crippen LogP contribution >= 0.6 is 0 Å². The third-order valence-electron chi connectivity index (χ3n) is 5.91. The van der Waals surface area contributed by atoms with Gasteiger partial charge in [-0.15, -0.1) is 0 Å². The van der Waals surface area contributed by atoms with Gasteiger partial charge in [-0.1, -0.05) is 5.16 Å². The molecule has 0 aliphatic heterocycles. The van der Waals surface area contributed by atoms with Crippen LogP contribution in [-0.2, 0) is 16.0 Å². The number of carbonyl (C=O) groups excluding carboxylic acids is 2. The molecule has 2 fully saturated rings. The maximum atomic E-state index is 12.2. The monoisotopic (exact) mass is 415 g/mol. The highest BCUT2D eigenvalue weighted by Gasteiger charge is 2.39. The SMILES string of the molecule is Cc1cc(CC(=O)Nc2cc([C@@H]3CCC[C@H](OC(=O)NC4(C)CC4)CC3)[nH]n2)on1. The highest BCUT2D eigenvalue weighted by molar-refractivity contribution is 5.91. The number of nitrogens with one attached hydrogen (secondary N) is 3. The van der Waals surface area contributed by atoms with E-state index in [0.29, 0.717) is 17.5 Å². The number of nitrogens with zero attached hydrogens (tertiary/aromatic N) is 2. The number of aromatic nitrogens is 3. The first-order chi connectivity index (χ1) is 14.4. The molecule has 2 aromatic rings. The summed E-state index contributed by atoms with van der Waals surface area (Å²) in [5.41, 5.74) is 1.68. The van der Waals surface area contributed by atoms with Crippen LogP contribution in [0.1, 0.15) is 74.9 Å².